The average Bonchev–Trinajstić information content (AvgIpc) is 2.83. The third kappa shape index (κ3) is 6.18. The molecule has 3 amide bonds. The lowest BCUT2D eigenvalue weighted by Crippen LogP contribution is -2.34. The summed E-state index contributed by atoms with van der Waals surface area (Å²) in [5.74, 6) is -2.10. The minimum absolute atomic E-state index is 0.0833. The molecule has 0 aliphatic heterocycles. The zero-order valence-corrected chi connectivity index (χ0v) is 18.1. The Kier molecular flexibility index (Phi) is 7.77. The summed E-state index contributed by atoms with van der Waals surface area (Å²) in [6, 6.07) is 22.7. The summed E-state index contributed by atoms with van der Waals surface area (Å²) in [6.07, 6.45) is -0.584. The molecule has 0 bridgehead atoms. The normalized spacial score (nSPS) is 11.3. The SMILES string of the molecule is CC(C(=O)Nc1ccccc1)c1ccc(CN(C(=O)CC(=O)NO)c2ccccc2O)cc1. The Morgan fingerprint density at radius 3 is 2.18 bits per heavy atom. The standard InChI is InChI=1S/C25H25N3O5/c1-17(25(32)26-20-7-3-2-4-8-20)19-13-11-18(12-14-19)16-28(24(31)15-23(30)27-33)21-9-5-6-10-22(21)29/h2-14,17,29,33H,15-16H2,1H3,(H,26,32)(H,27,30). The van der Waals surface area contributed by atoms with Crippen LogP contribution in [0.25, 0.3) is 0 Å². The van der Waals surface area contributed by atoms with Gasteiger partial charge in [-0.3, -0.25) is 19.6 Å². The first-order chi connectivity index (χ1) is 15.9. The minimum Gasteiger partial charge on any atom is -0.506 e. The molecule has 0 heterocycles. The van der Waals surface area contributed by atoms with Crippen LogP contribution in [0.2, 0.25) is 0 Å². The van der Waals surface area contributed by atoms with Crippen molar-refractivity contribution in [3.63, 3.8) is 0 Å². The van der Waals surface area contributed by atoms with Crippen molar-refractivity contribution in [3.8, 4) is 5.75 Å². The van der Waals surface area contributed by atoms with Crippen LogP contribution in [0.15, 0.2) is 78.9 Å². The van der Waals surface area contributed by atoms with Gasteiger partial charge < -0.3 is 15.3 Å². The van der Waals surface area contributed by atoms with Crippen LogP contribution in [0.5, 0.6) is 5.75 Å². The Morgan fingerprint density at radius 2 is 1.55 bits per heavy atom. The van der Waals surface area contributed by atoms with Crippen LogP contribution in [-0.4, -0.2) is 28.0 Å². The fourth-order valence-corrected chi connectivity index (χ4v) is 3.29. The summed E-state index contributed by atoms with van der Waals surface area (Å²) in [7, 11) is 0. The van der Waals surface area contributed by atoms with E-state index in [4.69, 9.17) is 5.21 Å². The zero-order valence-electron chi connectivity index (χ0n) is 18.1. The van der Waals surface area contributed by atoms with Crippen molar-refractivity contribution < 1.29 is 24.7 Å². The Bertz CT molecular complexity index is 1120. The number of amides is 3. The maximum absolute atomic E-state index is 12.7. The Labute approximate surface area is 191 Å². The number of carbonyl (C=O) groups excluding carboxylic acids is 3. The molecule has 0 aromatic heterocycles. The number of benzene rings is 3. The molecule has 0 aliphatic carbocycles. The zero-order chi connectivity index (χ0) is 23.8. The monoisotopic (exact) mass is 447 g/mol. The van der Waals surface area contributed by atoms with Crippen molar-refractivity contribution in [1.29, 1.82) is 0 Å². The smallest absolute Gasteiger partial charge is 0.252 e. The van der Waals surface area contributed by atoms with Gasteiger partial charge >= 0.3 is 0 Å². The molecule has 3 aromatic rings. The summed E-state index contributed by atoms with van der Waals surface area (Å²) in [5.41, 5.74) is 3.93. The minimum atomic E-state index is -0.853. The van der Waals surface area contributed by atoms with Crippen LogP contribution in [0.4, 0.5) is 11.4 Å². The first-order valence-corrected chi connectivity index (χ1v) is 10.3. The van der Waals surface area contributed by atoms with E-state index in [2.05, 4.69) is 5.32 Å². The number of nitrogens with one attached hydrogen (secondary N) is 2. The van der Waals surface area contributed by atoms with E-state index in [1.165, 1.54) is 16.4 Å². The molecule has 3 aromatic carbocycles. The molecule has 4 N–H and O–H groups in total. The summed E-state index contributed by atoms with van der Waals surface area (Å²) >= 11 is 0. The summed E-state index contributed by atoms with van der Waals surface area (Å²) in [5, 5.41) is 21.8. The van der Waals surface area contributed by atoms with E-state index < -0.39 is 24.2 Å². The molecular formula is C25H25N3O5. The van der Waals surface area contributed by atoms with Crippen LogP contribution in [-0.2, 0) is 20.9 Å². The van der Waals surface area contributed by atoms with Gasteiger partial charge in [0.05, 0.1) is 18.2 Å². The molecule has 1 atom stereocenters. The highest BCUT2D eigenvalue weighted by atomic mass is 16.5. The number of phenols is 1. The highest BCUT2D eigenvalue weighted by Crippen LogP contribution is 2.29. The predicted octanol–water partition coefficient (Wildman–Crippen LogP) is 3.56. The molecule has 33 heavy (non-hydrogen) atoms. The maximum atomic E-state index is 12.7. The lowest BCUT2D eigenvalue weighted by Gasteiger charge is -2.24. The van der Waals surface area contributed by atoms with E-state index in [1.54, 1.807) is 49.4 Å². The van der Waals surface area contributed by atoms with Crippen LogP contribution < -0.4 is 15.7 Å². The highest BCUT2D eigenvalue weighted by Gasteiger charge is 2.22. The van der Waals surface area contributed by atoms with E-state index in [9.17, 15) is 19.5 Å². The average molecular weight is 447 g/mol. The van der Waals surface area contributed by atoms with Gasteiger partial charge in [0.2, 0.25) is 11.8 Å². The molecule has 3 rings (SSSR count). The second kappa shape index (κ2) is 10.9. The van der Waals surface area contributed by atoms with Crippen molar-refractivity contribution >= 4 is 29.1 Å². The van der Waals surface area contributed by atoms with Crippen molar-refractivity contribution in [2.45, 2.75) is 25.8 Å². The predicted molar refractivity (Wildman–Crippen MR) is 124 cm³/mol. The second-order valence-corrected chi connectivity index (χ2v) is 7.50. The van der Waals surface area contributed by atoms with Gasteiger partial charge in [0.1, 0.15) is 12.2 Å². The molecule has 0 radical (unpaired) electrons. The number of hydrogen-bond acceptors (Lipinski definition) is 5. The van der Waals surface area contributed by atoms with Gasteiger partial charge in [-0.2, -0.15) is 0 Å². The molecular weight excluding hydrogens is 422 g/mol. The van der Waals surface area contributed by atoms with Gasteiger partial charge in [-0.25, -0.2) is 5.48 Å². The number of rotatable bonds is 8. The first kappa shape index (κ1) is 23.5. The molecule has 0 spiro atoms. The van der Waals surface area contributed by atoms with Crippen molar-refractivity contribution in [2.24, 2.45) is 0 Å². The van der Waals surface area contributed by atoms with E-state index in [-0.39, 0.29) is 23.9 Å². The van der Waals surface area contributed by atoms with E-state index in [0.29, 0.717) is 0 Å². The van der Waals surface area contributed by atoms with Gasteiger partial charge in [0.25, 0.3) is 5.91 Å². The topological polar surface area (TPSA) is 119 Å². The molecule has 170 valence electrons. The third-order valence-corrected chi connectivity index (χ3v) is 5.17. The van der Waals surface area contributed by atoms with Crippen LogP contribution in [0.1, 0.15) is 30.4 Å². The molecule has 0 saturated carbocycles. The summed E-state index contributed by atoms with van der Waals surface area (Å²) in [4.78, 5) is 38.0. The van der Waals surface area contributed by atoms with E-state index in [0.717, 1.165) is 16.8 Å². The van der Waals surface area contributed by atoms with Gasteiger partial charge in [-0.05, 0) is 42.3 Å². The molecule has 1 unspecified atom stereocenters. The second-order valence-electron chi connectivity index (χ2n) is 7.50. The number of aromatic hydroxyl groups is 1. The third-order valence-electron chi connectivity index (χ3n) is 5.17. The fourth-order valence-electron chi connectivity index (χ4n) is 3.29. The Balaban J connectivity index is 1.75. The number of anilines is 2. The van der Waals surface area contributed by atoms with Gasteiger partial charge in [-0.15, -0.1) is 0 Å². The lowest BCUT2D eigenvalue weighted by atomic mass is 9.98. The summed E-state index contributed by atoms with van der Waals surface area (Å²) in [6.45, 7) is 1.89. The van der Waals surface area contributed by atoms with Crippen LogP contribution >= 0.6 is 0 Å². The number of phenolic OH excluding ortho intramolecular Hbond substituents is 1. The summed E-state index contributed by atoms with van der Waals surface area (Å²) < 4.78 is 0. The number of nitrogens with zero attached hydrogens (tertiary/aromatic N) is 1. The van der Waals surface area contributed by atoms with Gasteiger partial charge in [0, 0.05) is 5.69 Å². The molecule has 0 fully saturated rings. The number of para-hydroxylation sites is 3. The van der Waals surface area contributed by atoms with Gasteiger partial charge in [-0.1, -0.05) is 54.6 Å². The highest BCUT2D eigenvalue weighted by molar-refractivity contribution is 6.05. The Morgan fingerprint density at radius 1 is 0.909 bits per heavy atom. The van der Waals surface area contributed by atoms with Crippen molar-refractivity contribution in [2.75, 3.05) is 10.2 Å². The number of hydroxylamine groups is 1. The van der Waals surface area contributed by atoms with Crippen LogP contribution in [0, 0.1) is 0 Å². The largest absolute Gasteiger partial charge is 0.506 e. The number of carbonyl (C=O) groups is 3. The molecule has 8 heteroatoms. The Hall–Kier alpha value is -4.17. The van der Waals surface area contributed by atoms with E-state index >= 15 is 0 Å². The first-order valence-electron chi connectivity index (χ1n) is 10.3. The van der Waals surface area contributed by atoms with Crippen molar-refractivity contribution in [1.82, 2.24) is 5.48 Å². The molecule has 0 aliphatic rings. The van der Waals surface area contributed by atoms with Gasteiger partial charge in [0.15, 0.2) is 0 Å². The lowest BCUT2D eigenvalue weighted by molar-refractivity contribution is -0.133. The quantitative estimate of drug-likeness (QED) is 0.239. The maximum Gasteiger partial charge on any atom is 0.252 e. The molecule has 0 saturated heterocycles. The number of hydrogen-bond donors (Lipinski definition) is 4. The fraction of sp³-hybridized carbons (Fsp3) is 0.160. The molecule has 8 nitrogen and oxygen atoms in total. The van der Waals surface area contributed by atoms with E-state index in [1.807, 2.05) is 30.3 Å². The van der Waals surface area contributed by atoms with Crippen LogP contribution in [0.3, 0.4) is 0 Å². The van der Waals surface area contributed by atoms with Crippen molar-refractivity contribution in [3.05, 3.63) is 90.0 Å².